The van der Waals surface area contributed by atoms with Crippen LogP contribution >= 0.6 is 11.3 Å². The maximum Gasteiger partial charge on any atom is 0.415 e. The predicted octanol–water partition coefficient (Wildman–Crippen LogP) is 4.75. The Kier molecular flexibility index (Phi) is 5.49. The van der Waals surface area contributed by atoms with Gasteiger partial charge in [0.05, 0.1) is 22.9 Å². The van der Waals surface area contributed by atoms with Gasteiger partial charge in [0.2, 0.25) is 6.79 Å². The summed E-state index contributed by atoms with van der Waals surface area (Å²) in [5, 5.41) is 2.44. The molecule has 0 unspecified atom stereocenters. The van der Waals surface area contributed by atoms with Crippen molar-refractivity contribution in [1.82, 2.24) is 9.88 Å². The average molecular weight is 479 g/mol. The van der Waals surface area contributed by atoms with E-state index in [1.54, 1.807) is 16.2 Å². The minimum Gasteiger partial charge on any atom is -0.441 e. The second-order valence-electron chi connectivity index (χ2n) is 8.93. The van der Waals surface area contributed by atoms with E-state index >= 15 is 0 Å². The molecule has 6 rings (SSSR count). The molecule has 1 amide bonds. The number of carbonyl (C=O) groups excluding carboxylic acids is 1. The van der Waals surface area contributed by atoms with Crippen molar-refractivity contribution in [3.63, 3.8) is 0 Å². The van der Waals surface area contributed by atoms with E-state index in [1.807, 2.05) is 30.3 Å². The van der Waals surface area contributed by atoms with Gasteiger partial charge in [0.15, 0.2) is 0 Å². The summed E-state index contributed by atoms with van der Waals surface area (Å²) in [5.74, 6) is 0. The minimum atomic E-state index is -0.429. The summed E-state index contributed by atoms with van der Waals surface area (Å²) in [6.45, 7) is 5.53. The number of aromatic nitrogens is 1. The third-order valence-corrected chi connectivity index (χ3v) is 7.62. The molecule has 0 saturated carbocycles. The average Bonchev–Trinajstić information content (AvgIpc) is 3.34. The largest absolute Gasteiger partial charge is 0.441 e. The van der Waals surface area contributed by atoms with Crippen LogP contribution in [0.5, 0.6) is 0 Å². The highest BCUT2D eigenvalue weighted by molar-refractivity contribution is 7.12. The highest BCUT2D eigenvalue weighted by atomic mass is 32.1. The molecule has 0 bridgehead atoms. The van der Waals surface area contributed by atoms with Crippen LogP contribution in [-0.4, -0.2) is 48.0 Å². The zero-order valence-corrected chi connectivity index (χ0v) is 19.8. The van der Waals surface area contributed by atoms with Crippen molar-refractivity contribution >= 4 is 28.8 Å². The fraction of sp³-hybridized carbons (Fsp3) is 0.360. The van der Waals surface area contributed by atoms with Crippen LogP contribution in [0.3, 0.4) is 0 Å². The Bertz CT molecular complexity index is 1170. The molecule has 3 aliphatic rings. The minimum absolute atomic E-state index is 0.260. The third kappa shape index (κ3) is 4.05. The molecule has 8 nitrogen and oxygen atoms in total. The molecule has 2 aromatic carbocycles. The number of benzene rings is 2. The van der Waals surface area contributed by atoms with Gasteiger partial charge in [0.25, 0.3) is 0 Å². The fourth-order valence-corrected chi connectivity index (χ4v) is 5.81. The Morgan fingerprint density at radius 3 is 2.38 bits per heavy atom. The molecule has 1 aromatic heterocycles. The van der Waals surface area contributed by atoms with E-state index in [0.717, 1.165) is 60.1 Å². The van der Waals surface area contributed by atoms with Crippen molar-refractivity contribution in [2.45, 2.75) is 31.9 Å². The lowest BCUT2D eigenvalue weighted by molar-refractivity contribution is -0.277. The van der Waals surface area contributed by atoms with Crippen LogP contribution in [0.1, 0.15) is 22.7 Å². The van der Waals surface area contributed by atoms with Gasteiger partial charge in [-0.05, 0) is 31.2 Å². The van der Waals surface area contributed by atoms with Crippen LogP contribution in [0.15, 0.2) is 54.6 Å². The number of aryl methyl sites for hydroxylation is 1. The first-order valence-corrected chi connectivity index (χ1v) is 12.3. The molecular weight excluding hydrogens is 452 g/mol. The summed E-state index contributed by atoms with van der Waals surface area (Å²) in [6, 6.07) is 17.9. The van der Waals surface area contributed by atoms with Gasteiger partial charge < -0.3 is 4.74 Å². The molecule has 176 valence electrons. The smallest absolute Gasteiger partial charge is 0.415 e. The zero-order chi connectivity index (χ0) is 23.1. The fourth-order valence-electron chi connectivity index (χ4n) is 4.81. The van der Waals surface area contributed by atoms with Gasteiger partial charge in [-0.2, -0.15) is 0 Å². The maximum absolute atomic E-state index is 12.7. The normalized spacial score (nSPS) is 20.0. The first kappa shape index (κ1) is 21.5. The van der Waals surface area contributed by atoms with Crippen LogP contribution in [0.2, 0.25) is 0 Å². The number of carbonyl (C=O) groups is 1. The predicted molar refractivity (Wildman–Crippen MR) is 129 cm³/mol. The third-order valence-electron chi connectivity index (χ3n) is 6.67. The molecule has 0 radical (unpaired) electrons. The molecule has 3 saturated heterocycles. The maximum atomic E-state index is 12.7. The molecule has 3 aromatic rings. The summed E-state index contributed by atoms with van der Waals surface area (Å²) in [7, 11) is 0. The lowest BCUT2D eigenvalue weighted by Gasteiger charge is -2.37. The van der Waals surface area contributed by atoms with Crippen LogP contribution in [0.25, 0.3) is 11.3 Å². The van der Waals surface area contributed by atoms with Gasteiger partial charge >= 0.3 is 6.09 Å². The van der Waals surface area contributed by atoms with Crippen LogP contribution in [-0.2, 0) is 21.0 Å². The second kappa shape index (κ2) is 8.66. The van der Waals surface area contributed by atoms with Crippen molar-refractivity contribution in [3.8, 4) is 11.3 Å². The lowest BCUT2D eigenvalue weighted by Crippen LogP contribution is -2.46. The number of rotatable bonds is 5. The van der Waals surface area contributed by atoms with Gasteiger partial charge in [-0.1, -0.05) is 30.3 Å². The standard InChI is InChI=1S/C25H26N4O4S/c1-18-26-23(19-5-3-2-4-6-19)22(34-18)15-27-13-11-25(12-14-27)16-28(24(30)33-25)20-7-9-21(10-8-20)29-31-17-32-29/h2-10H,11-17H2,1H3. The number of piperidine rings is 1. The first-order chi connectivity index (χ1) is 16.6. The van der Waals surface area contributed by atoms with Crippen LogP contribution < -0.4 is 10.1 Å². The summed E-state index contributed by atoms with van der Waals surface area (Å²) in [5.41, 5.74) is 3.43. The van der Waals surface area contributed by atoms with Crippen molar-refractivity contribution in [1.29, 1.82) is 0 Å². The molecule has 34 heavy (non-hydrogen) atoms. The Balaban J connectivity index is 1.10. The molecular formula is C25H26N4O4S. The second-order valence-corrected chi connectivity index (χ2v) is 10.2. The number of nitrogens with zero attached hydrogens (tertiary/aromatic N) is 4. The Morgan fingerprint density at radius 2 is 1.71 bits per heavy atom. The monoisotopic (exact) mass is 478 g/mol. The van der Waals surface area contributed by atoms with Gasteiger partial charge in [-0.15, -0.1) is 16.6 Å². The summed E-state index contributed by atoms with van der Waals surface area (Å²) in [6.07, 6.45) is 1.37. The van der Waals surface area contributed by atoms with Crippen molar-refractivity contribution in [2.75, 3.05) is 36.6 Å². The van der Waals surface area contributed by atoms with E-state index < -0.39 is 5.60 Å². The van der Waals surface area contributed by atoms with E-state index in [4.69, 9.17) is 19.4 Å². The Labute approximate surface area is 202 Å². The number of hydrogen-bond acceptors (Lipinski definition) is 8. The first-order valence-electron chi connectivity index (χ1n) is 11.5. The Morgan fingerprint density at radius 1 is 1.00 bits per heavy atom. The molecule has 0 aliphatic carbocycles. The summed E-state index contributed by atoms with van der Waals surface area (Å²) < 4.78 is 5.95. The van der Waals surface area contributed by atoms with E-state index in [9.17, 15) is 4.79 Å². The van der Waals surface area contributed by atoms with Crippen LogP contribution in [0, 0.1) is 6.92 Å². The number of ether oxygens (including phenoxy) is 1. The molecule has 0 N–H and O–H groups in total. The topological polar surface area (TPSA) is 67.4 Å². The molecule has 3 fully saturated rings. The zero-order valence-electron chi connectivity index (χ0n) is 19.0. The summed E-state index contributed by atoms with van der Waals surface area (Å²) >= 11 is 1.77. The summed E-state index contributed by atoms with van der Waals surface area (Å²) in [4.78, 5) is 33.4. The molecule has 4 heterocycles. The van der Waals surface area contributed by atoms with Crippen molar-refractivity contribution in [3.05, 3.63) is 64.5 Å². The van der Waals surface area contributed by atoms with Gasteiger partial charge in [0.1, 0.15) is 5.60 Å². The van der Waals surface area contributed by atoms with E-state index in [0.29, 0.717) is 6.54 Å². The van der Waals surface area contributed by atoms with Gasteiger partial charge in [-0.25, -0.2) is 19.5 Å². The van der Waals surface area contributed by atoms with Crippen LogP contribution in [0.4, 0.5) is 16.2 Å². The molecule has 3 aliphatic heterocycles. The highest BCUT2D eigenvalue weighted by Gasteiger charge is 2.47. The number of anilines is 2. The number of hydrogen-bond donors (Lipinski definition) is 0. The van der Waals surface area contributed by atoms with Gasteiger partial charge in [0, 0.05) is 48.6 Å². The highest BCUT2D eigenvalue weighted by Crippen LogP contribution is 2.38. The lowest BCUT2D eigenvalue weighted by atomic mass is 9.91. The number of thiazole rings is 1. The molecule has 0 atom stereocenters. The van der Waals surface area contributed by atoms with Crippen molar-refractivity contribution in [2.24, 2.45) is 0 Å². The number of amides is 1. The SMILES string of the molecule is Cc1nc(-c2ccccc2)c(CN2CCC3(CC2)CN(c2ccc(N4OCO4)cc2)C(=O)O3)s1. The molecule has 1 spiro atoms. The van der Waals surface area contributed by atoms with E-state index in [2.05, 4.69) is 36.1 Å². The quantitative estimate of drug-likeness (QED) is 0.524. The molecule has 9 heteroatoms. The van der Waals surface area contributed by atoms with E-state index in [1.165, 1.54) is 10.1 Å². The number of likely N-dealkylation sites (tertiary alicyclic amines) is 1. The van der Waals surface area contributed by atoms with Gasteiger partial charge in [-0.3, -0.25) is 9.80 Å². The Hall–Kier alpha value is -2.98. The van der Waals surface area contributed by atoms with E-state index in [-0.39, 0.29) is 12.9 Å². The van der Waals surface area contributed by atoms with Crippen molar-refractivity contribution < 1.29 is 19.2 Å².